The van der Waals surface area contributed by atoms with Gasteiger partial charge in [0, 0.05) is 39.2 Å². The van der Waals surface area contributed by atoms with E-state index < -0.39 is 0 Å². The molecule has 1 aliphatic heterocycles. The van der Waals surface area contributed by atoms with E-state index in [0.29, 0.717) is 12.2 Å². The van der Waals surface area contributed by atoms with E-state index in [2.05, 4.69) is 59.6 Å². The molecule has 0 saturated carbocycles. The third-order valence-electron chi connectivity index (χ3n) is 4.84. The Morgan fingerprint density at radius 3 is 2.76 bits per heavy atom. The molecule has 6 heteroatoms. The largest absolute Gasteiger partial charge is 0.360 e. The number of halogens is 1. The molecule has 25 heavy (non-hydrogen) atoms. The number of nitrogens with one attached hydrogen (secondary N) is 1. The van der Waals surface area contributed by atoms with E-state index in [1.807, 2.05) is 18.3 Å². The average Bonchev–Trinajstić information content (AvgIpc) is 3.04. The number of hydrogen-bond donors (Lipinski definition) is 1. The Labute approximate surface area is 154 Å². The number of anilines is 1. The van der Waals surface area contributed by atoms with Crippen LogP contribution in [0.25, 0.3) is 22.2 Å². The van der Waals surface area contributed by atoms with Crippen molar-refractivity contribution in [2.75, 3.05) is 4.90 Å². The molecule has 5 nitrogen and oxygen atoms in total. The number of hydrogen-bond acceptors (Lipinski definition) is 3. The summed E-state index contributed by atoms with van der Waals surface area (Å²) in [5.41, 5.74) is 2.56. The Kier molecular flexibility index (Phi) is 3.58. The van der Waals surface area contributed by atoms with Gasteiger partial charge in [-0.3, -0.25) is 9.36 Å². The van der Waals surface area contributed by atoms with Gasteiger partial charge >= 0.3 is 0 Å². The van der Waals surface area contributed by atoms with Gasteiger partial charge in [-0.15, -0.1) is 0 Å². The van der Waals surface area contributed by atoms with Crippen LogP contribution >= 0.6 is 15.9 Å². The highest BCUT2D eigenvalue weighted by molar-refractivity contribution is 9.10. The minimum Gasteiger partial charge on any atom is -0.360 e. The molecular formula is C19H21BrN4O. The van der Waals surface area contributed by atoms with Gasteiger partial charge in [0.05, 0.1) is 17.8 Å². The van der Waals surface area contributed by atoms with Gasteiger partial charge in [0.2, 0.25) is 5.95 Å². The Morgan fingerprint density at radius 2 is 2.04 bits per heavy atom. The van der Waals surface area contributed by atoms with E-state index in [0.717, 1.165) is 26.9 Å². The number of benzene rings is 1. The fourth-order valence-electron chi connectivity index (χ4n) is 3.93. The summed E-state index contributed by atoms with van der Waals surface area (Å²) in [5.74, 6) is 0.756. The third-order valence-corrected chi connectivity index (χ3v) is 5.33. The molecule has 0 spiro atoms. The number of nitrogens with zero attached hydrogens (tertiary/aromatic N) is 3. The standard InChI is InChI=1S/C19H21BrN4O/c1-11(2)24-18-22-16(8-17(25)23(18)10-19(24,3)4)14-9-21-15-6-5-12(20)7-13(14)15/h5-9,11,21H,10H2,1-4H3. The van der Waals surface area contributed by atoms with Crippen molar-refractivity contribution in [3.8, 4) is 11.3 Å². The van der Waals surface area contributed by atoms with Crippen LogP contribution in [-0.4, -0.2) is 26.1 Å². The molecular weight excluding hydrogens is 380 g/mol. The maximum atomic E-state index is 12.8. The molecule has 0 amide bonds. The second-order valence-corrected chi connectivity index (χ2v) is 8.45. The fourth-order valence-corrected chi connectivity index (χ4v) is 4.29. The number of fused-ring (bicyclic) bond motifs is 2. The molecule has 0 radical (unpaired) electrons. The highest BCUT2D eigenvalue weighted by Crippen LogP contribution is 2.35. The molecule has 0 bridgehead atoms. The molecule has 1 N–H and O–H groups in total. The molecule has 3 heterocycles. The van der Waals surface area contributed by atoms with E-state index in [4.69, 9.17) is 4.98 Å². The first-order chi connectivity index (χ1) is 11.8. The lowest BCUT2D eigenvalue weighted by Crippen LogP contribution is -2.45. The molecule has 0 fully saturated rings. The van der Waals surface area contributed by atoms with E-state index in [9.17, 15) is 4.79 Å². The molecule has 1 aliphatic rings. The monoisotopic (exact) mass is 400 g/mol. The highest BCUT2D eigenvalue weighted by Gasteiger charge is 2.39. The first-order valence-corrected chi connectivity index (χ1v) is 9.25. The summed E-state index contributed by atoms with van der Waals surface area (Å²) in [6.45, 7) is 9.25. The van der Waals surface area contributed by atoms with Crippen LogP contribution in [0, 0.1) is 0 Å². The first kappa shape index (κ1) is 16.4. The smallest absolute Gasteiger partial charge is 0.255 e. The molecule has 1 aromatic carbocycles. The van der Waals surface area contributed by atoms with Crippen LogP contribution in [0.5, 0.6) is 0 Å². The van der Waals surface area contributed by atoms with Gasteiger partial charge in [0.1, 0.15) is 0 Å². The second kappa shape index (κ2) is 5.46. The van der Waals surface area contributed by atoms with Gasteiger partial charge in [-0.1, -0.05) is 15.9 Å². The molecule has 2 aromatic heterocycles. The summed E-state index contributed by atoms with van der Waals surface area (Å²) >= 11 is 3.52. The summed E-state index contributed by atoms with van der Waals surface area (Å²) in [7, 11) is 0. The lowest BCUT2D eigenvalue weighted by molar-refractivity contribution is 0.425. The average molecular weight is 401 g/mol. The molecule has 0 atom stereocenters. The van der Waals surface area contributed by atoms with Crippen molar-refractivity contribution in [2.24, 2.45) is 0 Å². The fraction of sp³-hybridized carbons (Fsp3) is 0.368. The van der Waals surface area contributed by atoms with E-state index >= 15 is 0 Å². The number of aromatic amines is 1. The Balaban J connectivity index is 1.94. The normalized spacial score (nSPS) is 16.0. The molecule has 4 rings (SSSR count). The molecule has 0 saturated heterocycles. The third kappa shape index (κ3) is 2.51. The van der Waals surface area contributed by atoms with Crippen LogP contribution < -0.4 is 10.5 Å². The highest BCUT2D eigenvalue weighted by atomic mass is 79.9. The summed E-state index contributed by atoms with van der Waals surface area (Å²) in [4.78, 5) is 23.2. The van der Waals surface area contributed by atoms with Crippen LogP contribution in [-0.2, 0) is 6.54 Å². The van der Waals surface area contributed by atoms with Gasteiger partial charge in [-0.2, -0.15) is 0 Å². The van der Waals surface area contributed by atoms with E-state index in [1.54, 1.807) is 10.6 Å². The van der Waals surface area contributed by atoms with Gasteiger partial charge in [-0.05, 0) is 45.9 Å². The number of H-pyrrole nitrogens is 1. The Hall–Kier alpha value is -2.08. The van der Waals surface area contributed by atoms with Gasteiger partial charge in [0.15, 0.2) is 0 Å². The summed E-state index contributed by atoms with van der Waals surface area (Å²) in [5, 5.41) is 1.06. The van der Waals surface area contributed by atoms with Crippen LogP contribution in [0.2, 0.25) is 0 Å². The zero-order chi connectivity index (χ0) is 17.9. The van der Waals surface area contributed by atoms with Gasteiger partial charge < -0.3 is 9.88 Å². The minimum atomic E-state index is -0.130. The lowest BCUT2D eigenvalue weighted by atomic mass is 10.0. The van der Waals surface area contributed by atoms with Crippen molar-refractivity contribution in [1.82, 2.24) is 14.5 Å². The Bertz CT molecular complexity index is 1030. The summed E-state index contributed by atoms with van der Waals surface area (Å²) in [6.07, 6.45) is 1.93. The topological polar surface area (TPSA) is 53.9 Å². The number of rotatable bonds is 2. The van der Waals surface area contributed by atoms with Crippen molar-refractivity contribution >= 4 is 32.8 Å². The quantitative estimate of drug-likeness (QED) is 0.702. The zero-order valence-corrected chi connectivity index (χ0v) is 16.4. The SMILES string of the molecule is CC(C)N1c2nc(-c3c[nH]c4ccc(Br)cc34)cc(=O)n2CC1(C)C. The molecule has 0 unspecified atom stereocenters. The lowest BCUT2D eigenvalue weighted by Gasteiger charge is -2.35. The van der Waals surface area contributed by atoms with Crippen LogP contribution in [0.1, 0.15) is 27.7 Å². The number of aromatic nitrogens is 3. The van der Waals surface area contributed by atoms with Crippen molar-refractivity contribution < 1.29 is 0 Å². The van der Waals surface area contributed by atoms with E-state index in [1.165, 1.54) is 0 Å². The maximum absolute atomic E-state index is 12.8. The van der Waals surface area contributed by atoms with Gasteiger partial charge in [0.25, 0.3) is 5.56 Å². The van der Waals surface area contributed by atoms with Crippen molar-refractivity contribution in [1.29, 1.82) is 0 Å². The van der Waals surface area contributed by atoms with Gasteiger partial charge in [-0.25, -0.2) is 4.98 Å². The van der Waals surface area contributed by atoms with Crippen LogP contribution in [0.4, 0.5) is 5.95 Å². The Morgan fingerprint density at radius 1 is 1.28 bits per heavy atom. The van der Waals surface area contributed by atoms with Crippen molar-refractivity contribution in [3.05, 3.63) is 45.3 Å². The maximum Gasteiger partial charge on any atom is 0.255 e. The summed E-state index contributed by atoms with van der Waals surface area (Å²) < 4.78 is 2.79. The van der Waals surface area contributed by atoms with Crippen molar-refractivity contribution in [3.63, 3.8) is 0 Å². The van der Waals surface area contributed by atoms with Crippen LogP contribution in [0.15, 0.2) is 39.7 Å². The predicted octanol–water partition coefficient (Wildman–Crippen LogP) is 4.16. The zero-order valence-electron chi connectivity index (χ0n) is 14.8. The van der Waals surface area contributed by atoms with Crippen LogP contribution in [0.3, 0.4) is 0 Å². The first-order valence-electron chi connectivity index (χ1n) is 8.46. The van der Waals surface area contributed by atoms with E-state index in [-0.39, 0.29) is 17.1 Å². The van der Waals surface area contributed by atoms with Crippen molar-refractivity contribution in [2.45, 2.75) is 45.8 Å². The molecule has 3 aromatic rings. The summed E-state index contributed by atoms with van der Waals surface area (Å²) in [6, 6.07) is 7.98. The second-order valence-electron chi connectivity index (χ2n) is 7.53. The molecule has 130 valence electrons. The minimum absolute atomic E-state index is 0.000529. The predicted molar refractivity (Wildman–Crippen MR) is 105 cm³/mol. The molecule has 0 aliphatic carbocycles.